The van der Waals surface area contributed by atoms with Crippen LogP contribution in [0.25, 0.3) is 0 Å². The minimum absolute atomic E-state index is 0.0937. The van der Waals surface area contributed by atoms with Crippen molar-refractivity contribution in [3.63, 3.8) is 0 Å². The second-order valence-corrected chi connectivity index (χ2v) is 9.91. The van der Waals surface area contributed by atoms with Gasteiger partial charge in [-0.05, 0) is 54.8 Å². The molecule has 2 nitrogen and oxygen atoms in total. The van der Waals surface area contributed by atoms with Crippen molar-refractivity contribution < 1.29 is 9.47 Å². The number of benzene rings is 3. The van der Waals surface area contributed by atoms with E-state index in [4.69, 9.17) is 9.47 Å². The zero-order chi connectivity index (χ0) is 18.1. The van der Waals surface area contributed by atoms with Gasteiger partial charge in [-0.1, -0.05) is 42.5 Å². The predicted molar refractivity (Wildman–Crippen MR) is 112 cm³/mol. The number of ether oxygens (including phenoxy) is 2. The van der Waals surface area contributed by atoms with E-state index < -0.39 is 0 Å². The maximum Gasteiger partial charge on any atom is 0.231 e. The summed E-state index contributed by atoms with van der Waals surface area (Å²) in [4.78, 5) is 2.65. The van der Waals surface area contributed by atoms with Gasteiger partial charge in [0.2, 0.25) is 6.79 Å². The molecule has 3 aromatic rings. The van der Waals surface area contributed by atoms with Crippen LogP contribution < -0.4 is 9.47 Å². The fraction of sp³-hybridized carbons (Fsp3) is 0.217. The third-order valence-electron chi connectivity index (χ3n) is 5.18. The van der Waals surface area contributed by atoms with Gasteiger partial charge >= 0.3 is 0 Å². The number of fused-ring (bicyclic) bond motifs is 1. The SMILES string of the molecule is c1ccc(SC2(Sc3ccccc3)CCC2c2ccc3c(c2)OCO3)cc1. The van der Waals surface area contributed by atoms with Crippen molar-refractivity contribution in [1.29, 1.82) is 0 Å². The van der Waals surface area contributed by atoms with Gasteiger partial charge in [0.25, 0.3) is 0 Å². The Bertz CT molecular complexity index is 886. The number of hydrogen-bond donors (Lipinski definition) is 0. The van der Waals surface area contributed by atoms with Crippen molar-refractivity contribution in [2.75, 3.05) is 6.79 Å². The Morgan fingerprint density at radius 1 is 0.741 bits per heavy atom. The molecular weight excluding hydrogens is 372 g/mol. The molecule has 3 aromatic carbocycles. The fourth-order valence-corrected chi connectivity index (χ4v) is 7.08. The molecule has 1 fully saturated rings. The largest absolute Gasteiger partial charge is 0.454 e. The van der Waals surface area contributed by atoms with E-state index in [2.05, 4.69) is 78.9 Å². The van der Waals surface area contributed by atoms with Gasteiger partial charge in [-0.15, -0.1) is 23.5 Å². The second kappa shape index (κ2) is 7.17. The Morgan fingerprint density at radius 2 is 1.37 bits per heavy atom. The van der Waals surface area contributed by atoms with Crippen molar-refractivity contribution in [1.82, 2.24) is 0 Å². The van der Waals surface area contributed by atoms with Crippen LogP contribution in [0.3, 0.4) is 0 Å². The van der Waals surface area contributed by atoms with Crippen LogP contribution in [0.15, 0.2) is 88.7 Å². The van der Waals surface area contributed by atoms with Gasteiger partial charge in [-0.2, -0.15) is 0 Å². The molecule has 1 saturated carbocycles. The molecule has 0 amide bonds. The zero-order valence-electron chi connectivity index (χ0n) is 14.8. The van der Waals surface area contributed by atoms with Gasteiger partial charge < -0.3 is 9.47 Å². The predicted octanol–water partition coefficient (Wildman–Crippen LogP) is 6.57. The fourth-order valence-electron chi connectivity index (χ4n) is 3.72. The summed E-state index contributed by atoms with van der Waals surface area (Å²) in [7, 11) is 0. The highest BCUT2D eigenvalue weighted by molar-refractivity contribution is 8.18. The molecule has 0 saturated heterocycles. The lowest BCUT2D eigenvalue weighted by Crippen LogP contribution is -2.39. The van der Waals surface area contributed by atoms with Crippen LogP contribution in [0.5, 0.6) is 11.5 Å². The standard InChI is InChI=1S/C23H20O2S2/c1-3-7-18(8-4-1)26-23(27-19-9-5-2-6-10-19)14-13-20(23)17-11-12-21-22(15-17)25-16-24-21/h1-12,15,20H,13-14,16H2. The van der Waals surface area contributed by atoms with Gasteiger partial charge in [-0.3, -0.25) is 0 Å². The molecule has 5 rings (SSSR count). The summed E-state index contributed by atoms with van der Waals surface area (Å²) in [6.45, 7) is 0.326. The molecule has 2 aliphatic rings. The van der Waals surface area contributed by atoms with Crippen LogP contribution in [-0.2, 0) is 0 Å². The van der Waals surface area contributed by atoms with Crippen LogP contribution in [0.1, 0.15) is 24.3 Å². The van der Waals surface area contributed by atoms with Crippen LogP contribution in [0, 0.1) is 0 Å². The van der Waals surface area contributed by atoms with Gasteiger partial charge in [0.05, 0.1) is 4.08 Å². The van der Waals surface area contributed by atoms with E-state index in [0.717, 1.165) is 11.5 Å². The molecule has 0 spiro atoms. The first-order chi connectivity index (χ1) is 13.3. The van der Waals surface area contributed by atoms with Crippen molar-refractivity contribution in [3.05, 3.63) is 84.4 Å². The normalized spacial score (nSPS) is 19.5. The van der Waals surface area contributed by atoms with Crippen molar-refractivity contribution >= 4 is 23.5 Å². The first kappa shape index (κ1) is 17.1. The van der Waals surface area contributed by atoms with Crippen LogP contribution in [-0.4, -0.2) is 10.9 Å². The smallest absolute Gasteiger partial charge is 0.231 e. The Hall–Kier alpha value is -2.04. The molecule has 0 N–H and O–H groups in total. The van der Waals surface area contributed by atoms with E-state index in [1.807, 2.05) is 23.5 Å². The minimum atomic E-state index is 0.0937. The highest BCUT2D eigenvalue weighted by atomic mass is 32.2. The molecule has 136 valence electrons. The number of thioether (sulfide) groups is 2. The van der Waals surface area contributed by atoms with Gasteiger partial charge in [0.1, 0.15) is 0 Å². The van der Waals surface area contributed by atoms with E-state index in [9.17, 15) is 0 Å². The average molecular weight is 393 g/mol. The lowest BCUT2D eigenvalue weighted by Gasteiger charge is -2.49. The molecular formula is C23H20O2S2. The van der Waals surface area contributed by atoms with Crippen molar-refractivity contribution in [2.24, 2.45) is 0 Å². The molecule has 1 aliphatic carbocycles. The third kappa shape index (κ3) is 3.32. The summed E-state index contributed by atoms with van der Waals surface area (Å²) in [5.41, 5.74) is 1.34. The summed E-state index contributed by atoms with van der Waals surface area (Å²) in [5, 5.41) is 0. The van der Waals surface area contributed by atoms with E-state index >= 15 is 0 Å². The monoisotopic (exact) mass is 392 g/mol. The molecule has 0 radical (unpaired) electrons. The van der Waals surface area contributed by atoms with E-state index in [-0.39, 0.29) is 4.08 Å². The summed E-state index contributed by atoms with van der Waals surface area (Å²) in [6, 6.07) is 28.0. The van der Waals surface area contributed by atoms with Crippen LogP contribution in [0.4, 0.5) is 0 Å². The van der Waals surface area contributed by atoms with Gasteiger partial charge in [0, 0.05) is 15.7 Å². The second-order valence-electron chi connectivity index (χ2n) is 6.85. The van der Waals surface area contributed by atoms with E-state index in [1.165, 1.54) is 28.2 Å². The zero-order valence-corrected chi connectivity index (χ0v) is 16.5. The molecule has 1 heterocycles. The molecule has 4 heteroatoms. The van der Waals surface area contributed by atoms with E-state index in [0.29, 0.717) is 12.7 Å². The number of hydrogen-bond acceptors (Lipinski definition) is 4. The number of rotatable bonds is 5. The first-order valence-electron chi connectivity index (χ1n) is 9.20. The third-order valence-corrected chi connectivity index (χ3v) is 8.36. The minimum Gasteiger partial charge on any atom is -0.454 e. The summed E-state index contributed by atoms with van der Waals surface area (Å²) in [6.07, 6.45) is 2.38. The molecule has 1 atom stereocenters. The average Bonchev–Trinajstić information content (AvgIpc) is 3.16. The molecule has 27 heavy (non-hydrogen) atoms. The molecule has 0 bridgehead atoms. The Morgan fingerprint density at radius 3 is 1.96 bits per heavy atom. The first-order valence-corrected chi connectivity index (χ1v) is 10.8. The highest BCUT2D eigenvalue weighted by Gasteiger charge is 2.49. The maximum absolute atomic E-state index is 5.63. The van der Waals surface area contributed by atoms with Crippen LogP contribution in [0.2, 0.25) is 0 Å². The topological polar surface area (TPSA) is 18.5 Å². The molecule has 0 aromatic heterocycles. The Labute approximate surface area is 168 Å². The maximum atomic E-state index is 5.63. The van der Waals surface area contributed by atoms with Crippen molar-refractivity contribution in [2.45, 2.75) is 32.6 Å². The lowest BCUT2D eigenvalue weighted by molar-refractivity contribution is 0.174. The summed E-state index contributed by atoms with van der Waals surface area (Å²) < 4.78 is 11.2. The van der Waals surface area contributed by atoms with Gasteiger partial charge in [0.15, 0.2) is 11.5 Å². The Balaban J connectivity index is 1.49. The summed E-state index contributed by atoms with van der Waals surface area (Å²) >= 11 is 4.00. The Kier molecular flexibility index (Phi) is 4.54. The van der Waals surface area contributed by atoms with Gasteiger partial charge in [-0.25, -0.2) is 0 Å². The highest BCUT2D eigenvalue weighted by Crippen LogP contribution is 2.64. The lowest BCUT2D eigenvalue weighted by atomic mass is 9.78. The van der Waals surface area contributed by atoms with Crippen molar-refractivity contribution in [3.8, 4) is 11.5 Å². The molecule has 1 aliphatic heterocycles. The van der Waals surface area contributed by atoms with E-state index in [1.54, 1.807) is 0 Å². The van der Waals surface area contributed by atoms with Crippen LogP contribution >= 0.6 is 23.5 Å². The summed E-state index contributed by atoms with van der Waals surface area (Å²) in [5.74, 6) is 2.21. The quantitative estimate of drug-likeness (QED) is 0.457. The molecule has 1 unspecified atom stereocenters.